The number of benzene rings is 2. The number of amides is 1. The standard InChI is InChI=1S/C36H49N3O2/c1-25-26(2)39(33-13-8-7-12-32(25)33)30-23-28-14-15-29(24-30)38(28)21-18-36(27-10-9-11-31(22-27)41-6)16-19-37(20-17-36)34(40)35(3,4)5/h7-13,22,28-30H,14-21,23-24H2,1-6H3. The Morgan fingerprint density at radius 1 is 0.951 bits per heavy atom. The molecule has 3 aliphatic rings. The zero-order chi connectivity index (χ0) is 28.9. The summed E-state index contributed by atoms with van der Waals surface area (Å²) in [5.74, 6) is 1.21. The summed E-state index contributed by atoms with van der Waals surface area (Å²) in [5.41, 5.74) is 5.41. The van der Waals surface area contributed by atoms with Crippen LogP contribution in [-0.2, 0) is 10.2 Å². The fourth-order valence-corrected chi connectivity index (χ4v) is 8.44. The number of rotatable bonds is 6. The maximum Gasteiger partial charge on any atom is 0.227 e. The monoisotopic (exact) mass is 555 g/mol. The molecule has 2 bridgehead atoms. The van der Waals surface area contributed by atoms with Gasteiger partial charge in [0.25, 0.3) is 0 Å². The van der Waals surface area contributed by atoms with Gasteiger partial charge in [-0.1, -0.05) is 51.1 Å². The largest absolute Gasteiger partial charge is 0.497 e. The Balaban J connectivity index is 1.21. The lowest BCUT2D eigenvalue weighted by molar-refractivity contribution is -0.141. The molecule has 3 saturated heterocycles. The SMILES string of the molecule is COc1cccc(C2(CCN3C4CCC3CC(n3c(C)c(C)c5ccccc53)C4)CCN(C(=O)C(C)(C)C)CC2)c1. The van der Waals surface area contributed by atoms with Crippen LogP contribution in [0.25, 0.3) is 10.9 Å². The Morgan fingerprint density at radius 3 is 2.29 bits per heavy atom. The summed E-state index contributed by atoms with van der Waals surface area (Å²) in [7, 11) is 1.76. The van der Waals surface area contributed by atoms with Gasteiger partial charge in [-0.15, -0.1) is 0 Å². The van der Waals surface area contributed by atoms with Crippen molar-refractivity contribution in [3.63, 3.8) is 0 Å². The summed E-state index contributed by atoms with van der Waals surface area (Å²) in [6.45, 7) is 13.5. The average Bonchev–Trinajstić information content (AvgIpc) is 3.37. The van der Waals surface area contributed by atoms with Gasteiger partial charge in [-0.3, -0.25) is 9.69 Å². The lowest BCUT2D eigenvalue weighted by atomic mass is 9.70. The second-order valence-electron chi connectivity index (χ2n) is 14.2. The molecular formula is C36H49N3O2. The first kappa shape index (κ1) is 28.3. The van der Waals surface area contributed by atoms with Crippen molar-refractivity contribution in [2.45, 2.75) is 103 Å². The van der Waals surface area contributed by atoms with Crippen LogP contribution < -0.4 is 4.74 Å². The van der Waals surface area contributed by atoms with E-state index in [-0.39, 0.29) is 16.7 Å². The number of aromatic nitrogens is 1. The van der Waals surface area contributed by atoms with E-state index in [1.807, 2.05) is 20.8 Å². The smallest absolute Gasteiger partial charge is 0.227 e. The van der Waals surface area contributed by atoms with E-state index in [9.17, 15) is 4.79 Å². The molecule has 5 heteroatoms. The van der Waals surface area contributed by atoms with Crippen LogP contribution >= 0.6 is 0 Å². The molecule has 2 atom stereocenters. The number of hydrogen-bond acceptors (Lipinski definition) is 3. The zero-order valence-electron chi connectivity index (χ0n) is 26.1. The first-order valence-corrected chi connectivity index (χ1v) is 15.9. The van der Waals surface area contributed by atoms with E-state index >= 15 is 0 Å². The first-order valence-electron chi connectivity index (χ1n) is 15.9. The van der Waals surface area contributed by atoms with Crippen LogP contribution in [0.1, 0.15) is 88.6 Å². The summed E-state index contributed by atoms with van der Waals surface area (Å²) in [6, 6.07) is 19.6. The molecule has 5 nitrogen and oxygen atoms in total. The van der Waals surface area contributed by atoms with E-state index in [0.717, 1.165) is 44.6 Å². The van der Waals surface area contributed by atoms with Gasteiger partial charge < -0.3 is 14.2 Å². The lowest BCUT2D eigenvalue weighted by Gasteiger charge is -2.46. The van der Waals surface area contributed by atoms with E-state index in [4.69, 9.17) is 4.74 Å². The Labute approximate surface area is 246 Å². The summed E-state index contributed by atoms with van der Waals surface area (Å²) in [4.78, 5) is 18.1. The highest BCUT2D eigenvalue weighted by molar-refractivity contribution is 5.85. The molecule has 0 saturated carbocycles. The number of para-hydroxylation sites is 1. The van der Waals surface area contributed by atoms with Gasteiger partial charge in [0, 0.05) is 58.6 Å². The fourth-order valence-electron chi connectivity index (χ4n) is 8.44. The van der Waals surface area contributed by atoms with Gasteiger partial charge in [0.1, 0.15) is 5.75 Å². The summed E-state index contributed by atoms with van der Waals surface area (Å²) < 4.78 is 8.33. The normalized spacial score (nSPS) is 24.6. The predicted molar refractivity (Wildman–Crippen MR) is 168 cm³/mol. The second-order valence-corrected chi connectivity index (χ2v) is 14.2. The van der Waals surface area contributed by atoms with E-state index in [1.54, 1.807) is 7.11 Å². The summed E-state index contributed by atoms with van der Waals surface area (Å²) in [5, 5.41) is 1.41. The number of fused-ring (bicyclic) bond motifs is 3. The quantitative estimate of drug-likeness (QED) is 0.317. The average molecular weight is 556 g/mol. The Morgan fingerprint density at radius 2 is 1.63 bits per heavy atom. The topological polar surface area (TPSA) is 37.7 Å². The maximum absolute atomic E-state index is 13.1. The first-order chi connectivity index (χ1) is 19.6. The van der Waals surface area contributed by atoms with Crippen LogP contribution in [0.4, 0.5) is 0 Å². The minimum Gasteiger partial charge on any atom is -0.497 e. The zero-order valence-corrected chi connectivity index (χ0v) is 26.1. The van der Waals surface area contributed by atoms with Crippen molar-refractivity contribution < 1.29 is 9.53 Å². The number of carbonyl (C=O) groups is 1. The second kappa shape index (κ2) is 10.8. The van der Waals surface area contributed by atoms with Crippen molar-refractivity contribution in [3.8, 4) is 5.75 Å². The van der Waals surface area contributed by atoms with E-state index in [0.29, 0.717) is 18.1 Å². The third-order valence-corrected chi connectivity index (χ3v) is 10.9. The summed E-state index contributed by atoms with van der Waals surface area (Å²) in [6.07, 6.45) is 8.30. The molecule has 1 amide bonds. The molecular weight excluding hydrogens is 506 g/mol. The number of methoxy groups -OCH3 is 1. The van der Waals surface area contributed by atoms with Crippen LogP contribution in [-0.4, -0.2) is 59.1 Å². The highest BCUT2D eigenvalue weighted by atomic mass is 16.5. The number of aryl methyl sites for hydroxylation is 1. The van der Waals surface area contributed by atoms with Gasteiger partial charge in [-0.25, -0.2) is 0 Å². The molecule has 4 heterocycles. The number of piperidine rings is 2. The molecule has 2 unspecified atom stereocenters. The molecule has 1 aromatic heterocycles. The van der Waals surface area contributed by atoms with Gasteiger partial charge in [0.15, 0.2) is 0 Å². The number of ether oxygens (including phenoxy) is 1. The predicted octanol–water partition coefficient (Wildman–Crippen LogP) is 7.43. The number of likely N-dealkylation sites (tertiary alicyclic amines) is 1. The third kappa shape index (κ3) is 5.09. The van der Waals surface area contributed by atoms with Gasteiger partial charge in [0.05, 0.1) is 7.11 Å². The lowest BCUT2D eigenvalue weighted by Crippen LogP contribution is -2.50. The van der Waals surface area contributed by atoms with E-state index in [1.165, 1.54) is 53.4 Å². The van der Waals surface area contributed by atoms with Crippen molar-refractivity contribution in [1.82, 2.24) is 14.4 Å². The summed E-state index contributed by atoms with van der Waals surface area (Å²) >= 11 is 0. The van der Waals surface area contributed by atoms with Crippen molar-refractivity contribution in [1.29, 1.82) is 0 Å². The third-order valence-electron chi connectivity index (χ3n) is 10.9. The molecule has 3 aromatic rings. The highest BCUT2D eigenvalue weighted by Gasteiger charge is 2.44. The molecule has 0 radical (unpaired) electrons. The van der Waals surface area contributed by atoms with Crippen LogP contribution in [0.3, 0.4) is 0 Å². The minimum absolute atomic E-state index is 0.0732. The minimum atomic E-state index is -0.332. The molecule has 0 spiro atoms. The van der Waals surface area contributed by atoms with Crippen LogP contribution in [0.5, 0.6) is 5.75 Å². The number of hydrogen-bond donors (Lipinski definition) is 0. The van der Waals surface area contributed by atoms with Gasteiger partial charge >= 0.3 is 0 Å². The Kier molecular flexibility index (Phi) is 7.46. The molecule has 6 rings (SSSR count). The van der Waals surface area contributed by atoms with Crippen molar-refractivity contribution in [2.24, 2.45) is 5.41 Å². The van der Waals surface area contributed by atoms with E-state index < -0.39 is 0 Å². The number of carbonyl (C=O) groups excluding carboxylic acids is 1. The molecule has 0 aliphatic carbocycles. The van der Waals surface area contributed by atoms with Crippen molar-refractivity contribution in [2.75, 3.05) is 26.7 Å². The molecule has 0 N–H and O–H groups in total. The van der Waals surface area contributed by atoms with Gasteiger partial charge in [-0.05, 0) is 94.7 Å². The van der Waals surface area contributed by atoms with Crippen molar-refractivity contribution >= 4 is 16.8 Å². The fraction of sp³-hybridized carbons (Fsp3) is 0.583. The molecule has 2 aromatic carbocycles. The Hall–Kier alpha value is -2.79. The van der Waals surface area contributed by atoms with Crippen molar-refractivity contribution in [3.05, 3.63) is 65.4 Å². The van der Waals surface area contributed by atoms with Gasteiger partial charge in [0.2, 0.25) is 5.91 Å². The maximum atomic E-state index is 13.1. The van der Waals surface area contributed by atoms with Crippen LogP contribution in [0.2, 0.25) is 0 Å². The molecule has 3 fully saturated rings. The number of nitrogens with zero attached hydrogens (tertiary/aromatic N) is 3. The molecule has 41 heavy (non-hydrogen) atoms. The van der Waals surface area contributed by atoms with E-state index in [2.05, 4.69) is 76.7 Å². The van der Waals surface area contributed by atoms with Crippen LogP contribution in [0, 0.1) is 19.3 Å². The molecule has 3 aliphatic heterocycles. The van der Waals surface area contributed by atoms with Gasteiger partial charge in [-0.2, -0.15) is 0 Å². The highest BCUT2D eigenvalue weighted by Crippen LogP contribution is 2.46. The molecule has 220 valence electrons. The van der Waals surface area contributed by atoms with Crippen LogP contribution in [0.15, 0.2) is 48.5 Å². The Bertz CT molecular complexity index is 1390.